The van der Waals surface area contributed by atoms with Crippen molar-refractivity contribution in [2.24, 2.45) is 17.3 Å². The summed E-state index contributed by atoms with van der Waals surface area (Å²) in [4.78, 5) is 2.88. The summed E-state index contributed by atoms with van der Waals surface area (Å²) in [6.45, 7) is 13.7. The summed E-state index contributed by atoms with van der Waals surface area (Å²) in [5, 5.41) is 3.59. The van der Waals surface area contributed by atoms with Gasteiger partial charge in [0, 0.05) is 24.7 Å². The van der Waals surface area contributed by atoms with Gasteiger partial charge in [-0.3, -0.25) is 4.90 Å². The second-order valence-electron chi connectivity index (χ2n) is 8.25. The first-order chi connectivity index (χ1) is 8.40. The molecule has 0 amide bonds. The molecular weight excluding hydrogens is 220 g/mol. The molecule has 1 saturated carbocycles. The van der Waals surface area contributed by atoms with E-state index < -0.39 is 0 Å². The molecule has 0 spiro atoms. The van der Waals surface area contributed by atoms with Gasteiger partial charge in [0.05, 0.1) is 0 Å². The molecule has 3 rings (SSSR count). The first kappa shape index (κ1) is 12.9. The minimum absolute atomic E-state index is 0.409. The monoisotopic (exact) mass is 250 g/mol. The first-order valence-corrected chi connectivity index (χ1v) is 7.88. The van der Waals surface area contributed by atoms with E-state index >= 15 is 0 Å². The number of fused-ring (bicyclic) bond motifs is 1. The zero-order chi connectivity index (χ0) is 13.0. The van der Waals surface area contributed by atoms with Gasteiger partial charge in [-0.25, -0.2) is 0 Å². The quantitative estimate of drug-likeness (QED) is 0.770. The fourth-order valence-electron chi connectivity index (χ4n) is 5.00. The maximum absolute atomic E-state index is 3.59. The van der Waals surface area contributed by atoms with Crippen LogP contribution in [0.15, 0.2) is 0 Å². The largest absolute Gasteiger partial charge is 0.316 e. The Kier molecular flexibility index (Phi) is 3.02. The Balaban J connectivity index is 1.76. The molecule has 2 heteroatoms. The molecule has 18 heavy (non-hydrogen) atoms. The van der Waals surface area contributed by atoms with Crippen molar-refractivity contribution in [1.82, 2.24) is 10.2 Å². The molecule has 0 radical (unpaired) electrons. The highest BCUT2D eigenvalue weighted by Gasteiger charge is 2.52. The van der Waals surface area contributed by atoms with Gasteiger partial charge < -0.3 is 5.32 Å². The lowest BCUT2D eigenvalue weighted by Crippen LogP contribution is -2.51. The van der Waals surface area contributed by atoms with Crippen LogP contribution in [0.4, 0.5) is 0 Å². The highest BCUT2D eigenvalue weighted by molar-refractivity contribution is 5.07. The van der Waals surface area contributed by atoms with E-state index in [2.05, 4.69) is 37.9 Å². The lowest BCUT2D eigenvalue weighted by Gasteiger charge is -2.46. The summed E-state index contributed by atoms with van der Waals surface area (Å²) in [5.74, 6) is 1.78. The maximum Gasteiger partial charge on any atom is 0.0200 e. The highest BCUT2D eigenvalue weighted by Crippen LogP contribution is 2.46. The Labute approximate surface area is 113 Å². The molecule has 3 fully saturated rings. The van der Waals surface area contributed by atoms with Crippen LogP contribution in [-0.4, -0.2) is 36.1 Å². The predicted octanol–water partition coefficient (Wildman–Crippen LogP) is 2.89. The molecule has 0 aromatic carbocycles. The smallest absolute Gasteiger partial charge is 0.0200 e. The van der Waals surface area contributed by atoms with Crippen LogP contribution in [0.25, 0.3) is 0 Å². The third-order valence-corrected chi connectivity index (χ3v) is 6.04. The number of rotatable bonds is 1. The molecule has 3 unspecified atom stereocenters. The molecule has 0 aromatic heterocycles. The van der Waals surface area contributed by atoms with Crippen LogP contribution >= 0.6 is 0 Å². The van der Waals surface area contributed by atoms with E-state index in [-0.39, 0.29) is 0 Å². The van der Waals surface area contributed by atoms with Crippen molar-refractivity contribution in [3.8, 4) is 0 Å². The number of hydrogen-bond acceptors (Lipinski definition) is 2. The van der Waals surface area contributed by atoms with Crippen LogP contribution in [-0.2, 0) is 0 Å². The molecule has 104 valence electrons. The van der Waals surface area contributed by atoms with E-state index in [1.54, 1.807) is 0 Å². The third-order valence-electron chi connectivity index (χ3n) is 6.04. The normalized spacial score (nSPS) is 43.0. The summed E-state index contributed by atoms with van der Waals surface area (Å²) in [6, 6.07) is 0.842. The lowest BCUT2D eigenvalue weighted by atomic mass is 9.74. The van der Waals surface area contributed by atoms with Gasteiger partial charge in [-0.2, -0.15) is 0 Å². The first-order valence-electron chi connectivity index (χ1n) is 7.88. The molecule has 2 heterocycles. The van der Waals surface area contributed by atoms with E-state index in [4.69, 9.17) is 0 Å². The standard InChI is InChI=1S/C16H30N2/c1-15(2)7-5-6-13(8-15)18-11-12-9-17-10-14(12)16(18,3)4/h12-14,17H,5-11H2,1-4H3. The third kappa shape index (κ3) is 2.02. The second-order valence-corrected chi connectivity index (χ2v) is 8.25. The molecule has 0 aromatic rings. The van der Waals surface area contributed by atoms with Crippen LogP contribution in [0.1, 0.15) is 53.4 Å². The minimum Gasteiger partial charge on any atom is -0.316 e. The van der Waals surface area contributed by atoms with Crippen LogP contribution in [0.3, 0.4) is 0 Å². The van der Waals surface area contributed by atoms with Gasteiger partial charge in [0.25, 0.3) is 0 Å². The molecule has 3 atom stereocenters. The Morgan fingerprint density at radius 2 is 1.89 bits per heavy atom. The van der Waals surface area contributed by atoms with E-state index in [1.165, 1.54) is 45.3 Å². The summed E-state index contributed by atoms with van der Waals surface area (Å²) in [7, 11) is 0. The van der Waals surface area contributed by atoms with Crippen molar-refractivity contribution in [2.75, 3.05) is 19.6 Å². The van der Waals surface area contributed by atoms with Gasteiger partial charge >= 0.3 is 0 Å². The van der Waals surface area contributed by atoms with Gasteiger partial charge in [0.15, 0.2) is 0 Å². The number of hydrogen-bond donors (Lipinski definition) is 1. The molecule has 1 N–H and O–H groups in total. The number of likely N-dealkylation sites (tertiary alicyclic amines) is 1. The summed E-state index contributed by atoms with van der Waals surface area (Å²) < 4.78 is 0. The fraction of sp³-hybridized carbons (Fsp3) is 1.00. The Morgan fingerprint density at radius 3 is 2.56 bits per heavy atom. The Bertz CT molecular complexity index is 321. The maximum atomic E-state index is 3.59. The molecule has 1 aliphatic carbocycles. The van der Waals surface area contributed by atoms with Crippen molar-refractivity contribution in [3.05, 3.63) is 0 Å². The lowest BCUT2D eigenvalue weighted by molar-refractivity contribution is 0.0355. The fourth-order valence-corrected chi connectivity index (χ4v) is 5.00. The second kappa shape index (κ2) is 4.21. The molecule has 2 aliphatic heterocycles. The zero-order valence-electron chi connectivity index (χ0n) is 12.6. The van der Waals surface area contributed by atoms with Gasteiger partial charge in [-0.15, -0.1) is 0 Å². The van der Waals surface area contributed by atoms with Crippen molar-refractivity contribution >= 4 is 0 Å². The van der Waals surface area contributed by atoms with Crippen LogP contribution in [0.5, 0.6) is 0 Å². The average molecular weight is 250 g/mol. The van der Waals surface area contributed by atoms with Crippen molar-refractivity contribution in [2.45, 2.75) is 65.0 Å². The number of nitrogens with zero attached hydrogens (tertiary/aromatic N) is 1. The molecule has 0 bridgehead atoms. The molecular formula is C16H30N2. The van der Waals surface area contributed by atoms with Crippen molar-refractivity contribution in [1.29, 1.82) is 0 Å². The summed E-state index contributed by atoms with van der Waals surface area (Å²) in [6.07, 6.45) is 5.69. The number of nitrogens with one attached hydrogen (secondary N) is 1. The minimum atomic E-state index is 0.409. The van der Waals surface area contributed by atoms with Crippen molar-refractivity contribution in [3.63, 3.8) is 0 Å². The van der Waals surface area contributed by atoms with Crippen LogP contribution in [0, 0.1) is 17.3 Å². The van der Waals surface area contributed by atoms with E-state index in [9.17, 15) is 0 Å². The van der Waals surface area contributed by atoms with E-state index in [0.717, 1.165) is 17.9 Å². The van der Waals surface area contributed by atoms with Crippen molar-refractivity contribution < 1.29 is 0 Å². The predicted molar refractivity (Wildman–Crippen MR) is 76.7 cm³/mol. The van der Waals surface area contributed by atoms with Crippen LogP contribution in [0.2, 0.25) is 0 Å². The highest BCUT2D eigenvalue weighted by atomic mass is 15.3. The van der Waals surface area contributed by atoms with Crippen LogP contribution < -0.4 is 5.32 Å². The Morgan fingerprint density at radius 1 is 1.11 bits per heavy atom. The summed E-state index contributed by atoms with van der Waals surface area (Å²) in [5.41, 5.74) is 0.973. The molecule has 2 saturated heterocycles. The van der Waals surface area contributed by atoms with Gasteiger partial charge in [0.1, 0.15) is 0 Å². The molecule has 3 aliphatic rings. The average Bonchev–Trinajstić information content (AvgIpc) is 2.80. The summed E-state index contributed by atoms with van der Waals surface area (Å²) >= 11 is 0. The van der Waals surface area contributed by atoms with Gasteiger partial charge in [0.2, 0.25) is 0 Å². The topological polar surface area (TPSA) is 15.3 Å². The van der Waals surface area contributed by atoms with E-state index in [1.807, 2.05) is 0 Å². The zero-order valence-corrected chi connectivity index (χ0v) is 12.6. The van der Waals surface area contributed by atoms with Gasteiger partial charge in [-0.05, 0) is 56.9 Å². The van der Waals surface area contributed by atoms with Gasteiger partial charge in [-0.1, -0.05) is 20.3 Å². The SMILES string of the molecule is CC1(C)CCCC(N2CC3CNCC3C2(C)C)C1. The van der Waals surface area contributed by atoms with E-state index in [0.29, 0.717) is 11.0 Å². The molecule has 2 nitrogen and oxygen atoms in total. The Hall–Kier alpha value is -0.0800.